The fourth-order valence-electron chi connectivity index (χ4n) is 2.14. The van der Waals surface area contributed by atoms with Crippen LogP contribution >= 0.6 is 12.4 Å². The smallest absolute Gasteiger partial charge is 0.224 e. The van der Waals surface area contributed by atoms with Crippen LogP contribution in [-0.4, -0.2) is 18.5 Å². The number of hydrogen-bond acceptors (Lipinski definition) is 2. The zero-order valence-corrected chi connectivity index (χ0v) is 13.9. The fourth-order valence-corrected chi connectivity index (χ4v) is 2.14. The van der Waals surface area contributed by atoms with Gasteiger partial charge < -0.3 is 11.1 Å². The van der Waals surface area contributed by atoms with Crippen molar-refractivity contribution in [2.75, 3.05) is 6.54 Å². The molecule has 0 aliphatic rings. The van der Waals surface area contributed by atoms with Crippen molar-refractivity contribution in [1.82, 2.24) is 5.32 Å². The summed E-state index contributed by atoms with van der Waals surface area (Å²) in [6.45, 7) is 10.7. The molecule has 0 aliphatic heterocycles. The zero-order valence-electron chi connectivity index (χ0n) is 13.1. The molecule has 0 spiro atoms. The van der Waals surface area contributed by atoms with Crippen molar-refractivity contribution in [2.45, 2.75) is 46.1 Å². The van der Waals surface area contributed by atoms with Gasteiger partial charge in [-0.3, -0.25) is 4.79 Å². The monoisotopic (exact) mass is 298 g/mol. The third-order valence-corrected chi connectivity index (χ3v) is 3.78. The SMILES string of the molecule is Cc1ccccc1C(C)(C)CNC(=O)C(C)C(C)N.Cl. The lowest BCUT2D eigenvalue weighted by atomic mass is 9.82. The molecule has 0 saturated carbocycles. The van der Waals surface area contributed by atoms with Gasteiger partial charge in [-0.2, -0.15) is 0 Å². The number of benzene rings is 1. The summed E-state index contributed by atoms with van der Waals surface area (Å²) in [5.41, 5.74) is 8.19. The maximum absolute atomic E-state index is 12.0. The van der Waals surface area contributed by atoms with Crippen LogP contribution in [0.4, 0.5) is 0 Å². The van der Waals surface area contributed by atoms with Crippen LogP contribution in [-0.2, 0) is 10.2 Å². The molecule has 1 rings (SSSR count). The molecule has 2 atom stereocenters. The molecular weight excluding hydrogens is 272 g/mol. The maximum Gasteiger partial charge on any atom is 0.224 e. The van der Waals surface area contributed by atoms with Crippen LogP contribution in [0.25, 0.3) is 0 Å². The first-order chi connectivity index (χ1) is 8.75. The highest BCUT2D eigenvalue weighted by Crippen LogP contribution is 2.25. The number of aryl methyl sites for hydroxylation is 1. The molecule has 4 heteroatoms. The first-order valence-corrected chi connectivity index (χ1v) is 6.85. The topological polar surface area (TPSA) is 55.1 Å². The molecular formula is C16H27ClN2O. The average Bonchev–Trinajstić information content (AvgIpc) is 2.35. The van der Waals surface area contributed by atoms with E-state index in [-0.39, 0.29) is 35.7 Å². The van der Waals surface area contributed by atoms with Gasteiger partial charge in [-0.1, -0.05) is 45.0 Å². The lowest BCUT2D eigenvalue weighted by Crippen LogP contribution is -2.43. The number of nitrogens with two attached hydrogens (primary N) is 1. The standard InChI is InChI=1S/C16H26N2O.ClH/c1-11-8-6-7-9-14(11)16(4,5)10-18-15(19)12(2)13(3)17;/h6-9,12-13H,10,17H2,1-5H3,(H,18,19);1H. The molecule has 0 aliphatic carbocycles. The molecule has 0 saturated heterocycles. The van der Waals surface area contributed by atoms with Crippen molar-refractivity contribution >= 4 is 18.3 Å². The molecule has 1 amide bonds. The summed E-state index contributed by atoms with van der Waals surface area (Å²) >= 11 is 0. The summed E-state index contributed by atoms with van der Waals surface area (Å²) < 4.78 is 0. The first kappa shape index (κ1) is 18.9. The van der Waals surface area contributed by atoms with Crippen molar-refractivity contribution in [3.63, 3.8) is 0 Å². The van der Waals surface area contributed by atoms with Gasteiger partial charge in [0, 0.05) is 23.9 Å². The molecule has 1 aromatic carbocycles. The minimum atomic E-state index is -0.160. The third-order valence-electron chi connectivity index (χ3n) is 3.78. The number of amides is 1. The Hall–Kier alpha value is -1.06. The minimum absolute atomic E-state index is 0. The van der Waals surface area contributed by atoms with Crippen LogP contribution < -0.4 is 11.1 Å². The van der Waals surface area contributed by atoms with Crippen LogP contribution in [0.15, 0.2) is 24.3 Å². The molecule has 3 N–H and O–H groups in total. The van der Waals surface area contributed by atoms with E-state index in [1.54, 1.807) is 0 Å². The Morgan fingerprint density at radius 3 is 2.35 bits per heavy atom. The van der Waals surface area contributed by atoms with E-state index >= 15 is 0 Å². The maximum atomic E-state index is 12.0. The second-order valence-corrected chi connectivity index (χ2v) is 6.06. The molecule has 0 bridgehead atoms. The van der Waals surface area contributed by atoms with E-state index in [9.17, 15) is 4.79 Å². The number of hydrogen-bond donors (Lipinski definition) is 2. The van der Waals surface area contributed by atoms with Crippen molar-refractivity contribution < 1.29 is 4.79 Å². The molecule has 1 aromatic rings. The van der Waals surface area contributed by atoms with E-state index in [4.69, 9.17) is 5.73 Å². The van der Waals surface area contributed by atoms with Crippen LogP contribution in [0.1, 0.15) is 38.8 Å². The molecule has 0 heterocycles. The molecule has 3 nitrogen and oxygen atoms in total. The molecule has 20 heavy (non-hydrogen) atoms. The van der Waals surface area contributed by atoms with Crippen molar-refractivity contribution in [1.29, 1.82) is 0 Å². The van der Waals surface area contributed by atoms with Crippen molar-refractivity contribution in [3.05, 3.63) is 35.4 Å². The van der Waals surface area contributed by atoms with Gasteiger partial charge in [0.05, 0.1) is 0 Å². The average molecular weight is 299 g/mol. The zero-order chi connectivity index (χ0) is 14.6. The number of nitrogens with one attached hydrogen (secondary N) is 1. The van der Waals surface area contributed by atoms with Crippen molar-refractivity contribution in [3.8, 4) is 0 Å². The number of rotatable bonds is 5. The Morgan fingerprint density at radius 2 is 1.85 bits per heavy atom. The summed E-state index contributed by atoms with van der Waals surface area (Å²) in [6.07, 6.45) is 0. The Morgan fingerprint density at radius 1 is 1.30 bits per heavy atom. The van der Waals surface area contributed by atoms with Gasteiger partial charge in [-0.05, 0) is 25.0 Å². The van der Waals surface area contributed by atoms with Crippen LogP contribution in [0.5, 0.6) is 0 Å². The quantitative estimate of drug-likeness (QED) is 0.878. The number of carbonyl (C=O) groups excluding carboxylic acids is 1. The Bertz CT molecular complexity index is 444. The van der Waals surface area contributed by atoms with E-state index < -0.39 is 0 Å². The highest BCUT2D eigenvalue weighted by Gasteiger charge is 2.24. The highest BCUT2D eigenvalue weighted by atomic mass is 35.5. The molecule has 114 valence electrons. The minimum Gasteiger partial charge on any atom is -0.355 e. The summed E-state index contributed by atoms with van der Waals surface area (Å²) in [7, 11) is 0. The number of halogens is 1. The molecule has 0 fully saturated rings. The molecule has 0 aromatic heterocycles. The summed E-state index contributed by atoms with van der Waals surface area (Å²) in [6, 6.07) is 8.17. The lowest BCUT2D eigenvalue weighted by molar-refractivity contribution is -0.125. The fraction of sp³-hybridized carbons (Fsp3) is 0.562. The Balaban J connectivity index is 0.00000361. The lowest BCUT2D eigenvalue weighted by Gasteiger charge is -2.28. The predicted octanol–water partition coefficient (Wildman–Crippen LogP) is 2.79. The van der Waals surface area contributed by atoms with E-state index in [1.807, 2.05) is 26.0 Å². The second-order valence-electron chi connectivity index (χ2n) is 6.06. The normalized spacial score (nSPS) is 14.1. The summed E-state index contributed by atoms with van der Waals surface area (Å²) in [4.78, 5) is 12.0. The first-order valence-electron chi connectivity index (χ1n) is 6.85. The van der Waals surface area contributed by atoms with Gasteiger partial charge in [0.1, 0.15) is 0 Å². The molecule has 0 radical (unpaired) electrons. The van der Waals surface area contributed by atoms with Gasteiger partial charge >= 0.3 is 0 Å². The van der Waals surface area contributed by atoms with E-state index in [2.05, 4.69) is 38.2 Å². The predicted molar refractivity (Wildman–Crippen MR) is 87.3 cm³/mol. The van der Waals surface area contributed by atoms with E-state index in [0.29, 0.717) is 6.54 Å². The Labute approximate surface area is 128 Å². The summed E-state index contributed by atoms with van der Waals surface area (Å²) in [5, 5.41) is 3.01. The van der Waals surface area contributed by atoms with Crippen LogP contribution in [0.3, 0.4) is 0 Å². The Kier molecular flexibility index (Phi) is 7.25. The van der Waals surface area contributed by atoms with E-state index in [0.717, 1.165) is 0 Å². The van der Waals surface area contributed by atoms with Gasteiger partial charge in [0.25, 0.3) is 0 Å². The van der Waals surface area contributed by atoms with Gasteiger partial charge in [-0.15, -0.1) is 12.4 Å². The van der Waals surface area contributed by atoms with Crippen molar-refractivity contribution in [2.24, 2.45) is 11.7 Å². The highest BCUT2D eigenvalue weighted by molar-refractivity contribution is 5.85. The van der Waals surface area contributed by atoms with Gasteiger partial charge in [-0.25, -0.2) is 0 Å². The van der Waals surface area contributed by atoms with Gasteiger partial charge in [0.15, 0.2) is 0 Å². The summed E-state index contributed by atoms with van der Waals surface area (Å²) in [5.74, 6) is -0.135. The second kappa shape index (κ2) is 7.65. The van der Waals surface area contributed by atoms with Gasteiger partial charge in [0.2, 0.25) is 5.91 Å². The molecule has 2 unspecified atom stereocenters. The third kappa shape index (κ3) is 4.80. The van der Waals surface area contributed by atoms with Crippen LogP contribution in [0, 0.1) is 12.8 Å². The van der Waals surface area contributed by atoms with Crippen LogP contribution in [0.2, 0.25) is 0 Å². The van der Waals surface area contributed by atoms with E-state index in [1.165, 1.54) is 11.1 Å². The largest absolute Gasteiger partial charge is 0.355 e. The number of carbonyl (C=O) groups is 1.